The van der Waals surface area contributed by atoms with Crippen molar-refractivity contribution in [3.8, 4) is 0 Å². The largest absolute Gasteiger partial charge is 0.339 e. The van der Waals surface area contributed by atoms with Crippen LogP contribution < -0.4 is 0 Å². The maximum atomic E-state index is 12.6. The number of aromatic nitrogens is 2. The Hall–Kier alpha value is -2.10. The van der Waals surface area contributed by atoms with E-state index in [9.17, 15) is 4.79 Å². The lowest BCUT2D eigenvalue weighted by Crippen LogP contribution is -2.39. The third-order valence-corrected chi connectivity index (χ3v) is 4.66. The molecule has 0 radical (unpaired) electrons. The molecule has 1 amide bonds. The van der Waals surface area contributed by atoms with E-state index < -0.39 is 0 Å². The van der Waals surface area contributed by atoms with Gasteiger partial charge in [-0.1, -0.05) is 6.07 Å². The highest BCUT2D eigenvalue weighted by Gasteiger charge is 2.24. The van der Waals surface area contributed by atoms with Crippen LogP contribution in [0.3, 0.4) is 0 Å². The molecule has 1 aliphatic rings. The summed E-state index contributed by atoms with van der Waals surface area (Å²) < 4.78 is 1.99. The summed E-state index contributed by atoms with van der Waals surface area (Å²) in [5, 5.41) is 4.27. The lowest BCUT2D eigenvalue weighted by molar-refractivity contribution is 0.0681. The summed E-state index contributed by atoms with van der Waals surface area (Å²) in [4.78, 5) is 14.6. The Kier molecular flexibility index (Phi) is 4.27. The third-order valence-electron chi connectivity index (χ3n) is 4.66. The van der Waals surface area contributed by atoms with Crippen LogP contribution in [-0.2, 0) is 6.54 Å². The average Bonchev–Trinajstić information content (AvgIpc) is 3.03. The fourth-order valence-corrected chi connectivity index (χ4v) is 3.05. The Labute approximate surface area is 131 Å². The number of likely N-dealkylation sites (tertiary alicyclic amines) is 1. The van der Waals surface area contributed by atoms with Gasteiger partial charge in [0.05, 0.1) is 0 Å². The van der Waals surface area contributed by atoms with Crippen LogP contribution in [0.25, 0.3) is 0 Å². The van der Waals surface area contributed by atoms with E-state index in [0.29, 0.717) is 5.92 Å². The van der Waals surface area contributed by atoms with Gasteiger partial charge in [0, 0.05) is 37.6 Å². The van der Waals surface area contributed by atoms with Gasteiger partial charge in [-0.3, -0.25) is 9.48 Å². The first-order chi connectivity index (χ1) is 10.6. The summed E-state index contributed by atoms with van der Waals surface area (Å²) >= 11 is 0. The van der Waals surface area contributed by atoms with Crippen molar-refractivity contribution >= 4 is 5.91 Å². The van der Waals surface area contributed by atoms with Crippen LogP contribution >= 0.6 is 0 Å². The van der Waals surface area contributed by atoms with Gasteiger partial charge in [0.15, 0.2) is 0 Å². The predicted octanol–water partition coefficient (Wildman–Crippen LogP) is 3.05. The van der Waals surface area contributed by atoms with E-state index in [0.717, 1.165) is 38.0 Å². The summed E-state index contributed by atoms with van der Waals surface area (Å²) in [6.45, 7) is 6.78. The molecule has 0 N–H and O–H groups in total. The molecule has 1 aliphatic heterocycles. The summed E-state index contributed by atoms with van der Waals surface area (Å²) in [7, 11) is 0. The normalized spacial score (nSPS) is 16.0. The van der Waals surface area contributed by atoms with Crippen LogP contribution in [0.1, 0.15) is 34.3 Å². The van der Waals surface area contributed by atoms with Crippen molar-refractivity contribution in [3.05, 3.63) is 53.3 Å². The highest BCUT2D eigenvalue weighted by molar-refractivity contribution is 5.94. The molecule has 4 nitrogen and oxygen atoms in total. The fraction of sp³-hybridized carbons (Fsp3) is 0.444. The molecule has 1 saturated heterocycles. The molecular formula is C18H23N3O. The number of piperidine rings is 1. The topological polar surface area (TPSA) is 38.1 Å². The molecule has 2 heterocycles. The molecule has 0 bridgehead atoms. The zero-order chi connectivity index (χ0) is 15.5. The number of benzene rings is 1. The minimum atomic E-state index is 0.167. The Morgan fingerprint density at radius 2 is 2.00 bits per heavy atom. The SMILES string of the molecule is Cc1ccc(C(=O)N2CCC(Cn3cccn3)CC2)cc1C. The Morgan fingerprint density at radius 3 is 2.64 bits per heavy atom. The summed E-state index contributed by atoms with van der Waals surface area (Å²) in [6.07, 6.45) is 5.93. The minimum Gasteiger partial charge on any atom is -0.339 e. The lowest BCUT2D eigenvalue weighted by atomic mass is 9.96. The van der Waals surface area contributed by atoms with E-state index in [-0.39, 0.29) is 5.91 Å². The zero-order valence-corrected chi connectivity index (χ0v) is 13.3. The maximum absolute atomic E-state index is 12.6. The van der Waals surface area contributed by atoms with Crippen molar-refractivity contribution in [1.82, 2.24) is 14.7 Å². The first-order valence-corrected chi connectivity index (χ1v) is 7.97. The monoisotopic (exact) mass is 297 g/mol. The second kappa shape index (κ2) is 6.34. The van der Waals surface area contributed by atoms with E-state index in [1.807, 2.05) is 46.2 Å². The van der Waals surface area contributed by atoms with Gasteiger partial charge >= 0.3 is 0 Å². The van der Waals surface area contributed by atoms with Gasteiger partial charge in [0.25, 0.3) is 5.91 Å². The Morgan fingerprint density at radius 1 is 1.23 bits per heavy atom. The van der Waals surface area contributed by atoms with Crippen molar-refractivity contribution < 1.29 is 4.79 Å². The second-order valence-electron chi connectivity index (χ2n) is 6.26. The molecule has 0 aliphatic carbocycles. The fourth-order valence-electron chi connectivity index (χ4n) is 3.05. The maximum Gasteiger partial charge on any atom is 0.253 e. The minimum absolute atomic E-state index is 0.167. The highest BCUT2D eigenvalue weighted by atomic mass is 16.2. The first kappa shape index (κ1) is 14.8. The van der Waals surface area contributed by atoms with E-state index >= 15 is 0 Å². The van der Waals surface area contributed by atoms with Crippen LogP contribution in [0.2, 0.25) is 0 Å². The van der Waals surface area contributed by atoms with Gasteiger partial charge in [-0.05, 0) is 61.9 Å². The molecule has 2 aromatic rings. The van der Waals surface area contributed by atoms with E-state index in [2.05, 4.69) is 18.9 Å². The molecule has 0 atom stereocenters. The van der Waals surface area contributed by atoms with Gasteiger partial charge in [0.2, 0.25) is 0 Å². The van der Waals surface area contributed by atoms with Crippen molar-refractivity contribution in [2.75, 3.05) is 13.1 Å². The zero-order valence-electron chi connectivity index (χ0n) is 13.3. The van der Waals surface area contributed by atoms with Crippen molar-refractivity contribution in [2.24, 2.45) is 5.92 Å². The van der Waals surface area contributed by atoms with Crippen LogP contribution in [-0.4, -0.2) is 33.7 Å². The van der Waals surface area contributed by atoms with E-state index in [1.54, 1.807) is 0 Å². The second-order valence-corrected chi connectivity index (χ2v) is 6.26. The number of carbonyl (C=O) groups excluding carboxylic acids is 1. The Bertz CT molecular complexity index is 640. The standard InChI is InChI=1S/C18H23N3O/c1-14-4-5-17(12-15(14)2)18(22)20-10-6-16(7-11-20)13-21-9-3-8-19-21/h3-5,8-9,12,16H,6-7,10-11,13H2,1-2H3. The van der Waals surface area contributed by atoms with Gasteiger partial charge in [-0.2, -0.15) is 5.10 Å². The molecule has 3 rings (SSSR count). The van der Waals surface area contributed by atoms with Crippen molar-refractivity contribution in [3.63, 3.8) is 0 Å². The van der Waals surface area contributed by atoms with Gasteiger partial charge in [-0.25, -0.2) is 0 Å². The van der Waals surface area contributed by atoms with Crippen molar-refractivity contribution in [2.45, 2.75) is 33.2 Å². The van der Waals surface area contributed by atoms with Crippen LogP contribution in [0.4, 0.5) is 0 Å². The quantitative estimate of drug-likeness (QED) is 0.873. The first-order valence-electron chi connectivity index (χ1n) is 7.97. The molecule has 0 unspecified atom stereocenters. The number of aryl methyl sites for hydroxylation is 2. The molecule has 0 spiro atoms. The molecule has 22 heavy (non-hydrogen) atoms. The third kappa shape index (κ3) is 3.21. The Balaban J connectivity index is 1.58. The highest BCUT2D eigenvalue weighted by Crippen LogP contribution is 2.21. The van der Waals surface area contributed by atoms with Crippen LogP contribution in [0, 0.1) is 19.8 Å². The number of rotatable bonds is 3. The molecular weight excluding hydrogens is 274 g/mol. The average molecular weight is 297 g/mol. The number of nitrogens with zero attached hydrogens (tertiary/aromatic N) is 3. The number of amides is 1. The number of hydrogen-bond acceptors (Lipinski definition) is 2. The molecule has 1 fully saturated rings. The predicted molar refractivity (Wildman–Crippen MR) is 86.8 cm³/mol. The number of carbonyl (C=O) groups is 1. The van der Waals surface area contributed by atoms with Gasteiger partial charge in [-0.15, -0.1) is 0 Å². The van der Waals surface area contributed by atoms with Crippen molar-refractivity contribution in [1.29, 1.82) is 0 Å². The van der Waals surface area contributed by atoms with E-state index in [4.69, 9.17) is 0 Å². The van der Waals surface area contributed by atoms with Gasteiger partial charge in [0.1, 0.15) is 0 Å². The summed E-state index contributed by atoms with van der Waals surface area (Å²) in [6, 6.07) is 7.94. The van der Waals surface area contributed by atoms with E-state index in [1.165, 1.54) is 11.1 Å². The molecule has 0 saturated carbocycles. The summed E-state index contributed by atoms with van der Waals surface area (Å²) in [5.74, 6) is 0.782. The molecule has 4 heteroatoms. The van der Waals surface area contributed by atoms with Crippen LogP contribution in [0.15, 0.2) is 36.7 Å². The molecule has 1 aromatic heterocycles. The molecule has 116 valence electrons. The summed E-state index contributed by atoms with van der Waals surface area (Å²) in [5.41, 5.74) is 3.22. The lowest BCUT2D eigenvalue weighted by Gasteiger charge is -2.32. The van der Waals surface area contributed by atoms with Gasteiger partial charge < -0.3 is 4.90 Å². The smallest absolute Gasteiger partial charge is 0.253 e. The number of hydrogen-bond donors (Lipinski definition) is 0. The van der Waals surface area contributed by atoms with Crippen LogP contribution in [0.5, 0.6) is 0 Å². The molecule has 1 aromatic carbocycles.